The zero-order valence-electron chi connectivity index (χ0n) is 12.5. The van der Waals surface area contributed by atoms with Gasteiger partial charge in [-0.3, -0.25) is 0 Å². The van der Waals surface area contributed by atoms with E-state index in [-0.39, 0.29) is 5.97 Å². The van der Waals surface area contributed by atoms with Crippen molar-refractivity contribution >= 4 is 28.2 Å². The third-order valence-corrected chi connectivity index (χ3v) is 3.88. The van der Waals surface area contributed by atoms with E-state index >= 15 is 0 Å². The predicted octanol–water partition coefficient (Wildman–Crippen LogP) is 3.69. The van der Waals surface area contributed by atoms with Crippen LogP contribution in [0.5, 0.6) is 5.75 Å². The van der Waals surface area contributed by atoms with Gasteiger partial charge in [0.25, 0.3) is 0 Å². The lowest BCUT2D eigenvalue weighted by Gasteiger charge is -2.10. The lowest BCUT2D eigenvalue weighted by Crippen LogP contribution is -2.07. The van der Waals surface area contributed by atoms with E-state index in [4.69, 9.17) is 9.47 Å². The molecule has 21 heavy (non-hydrogen) atoms. The molecule has 0 saturated heterocycles. The maximum Gasteiger partial charge on any atom is 0.343 e. The summed E-state index contributed by atoms with van der Waals surface area (Å²) in [6.45, 7) is 5.90. The number of rotatable bonds is 5. The molecule has 0 aliphatic rings. The smallest absolute Gasteiger partial charge is 0.343 e. The Bertz CT molecular complexity index is 652. The second-order valence-corrected chi connectivity index (χ2v) is 5.27. The van der Waals surface area contributed by atoms with E-state index in [1.807, 2.05) is 25.1 Å². The maximum atomic E-state index is 12.0. The standard InChI is InChI=1S/C15H18N2O3S/c1-5-20-15(18)13-10(3)17-21-14(13)16-12-7-6-11(19-4)8-9(12)2/h6-8,16H,5H2,1-4H3. The van der Waals surface area contributed by atoms with Gasteiger partial charge in [0.05, 0.1) is 19.4 Å². The Hall–Kier alpha value is -2.08. The van der Waals surface area contributed by atoms with E-state index in [1.165, 1.54) is 11.5 Å². The van der Waals surface area contributed by atoms with Crippen molar-refractivity contribution in [3.63, 3.8) is 0 Å². The fourth-order valence-corrected chi connectivity index (χ4v) is 2.72. The topological polar surface area (TPSA) is 60.5 Å². The van der Waals surface area contributed by atoms with Gasteiger partial charge in [-0.2, -0.15) is 4.37 Å². The average Bonchev–Trinajstić information content (AvgIpc) is 2.82. The number of aryl methyl sites for hydroxylation is 2. The van der Waals surface area contributed by atoms with Crippen molar-refractivity contribution in [1.29, 1.82) is 0 Å². The number of esters is 1. The molecule has 112 valence electrons. The minimum Gasteiger partial charge on any atom is -0.497 e. The Morgan fingerprint density at radius 3 is 2.76 bits per heavy atom. The number of hydrogen-bond donors (Lipinski definition) is 1. The van der Waals surface area contributed by atoms with Crippen molar-refractivity contribution in [2.75, 3.05) is 19.0 Å². The van der Waals surface area contributed by atoms with Gasteiger partial charge in [0.1, 0.15) is 16.3 Å². The van der Waals surface area contributed by atoms with Crippen molar-refractivity contribution < 1.29 is 14.3 Å². The molecule has 0 saturated carbocycles. The fraction of sp³-hybridized carbons (Fsp3) is 0.333. The molecule has 5 nitrogen and oxygen atoms in total. The minimum absolute atomic E-state index is 0.342. The fourth-order valence-electron chi connectivity index (χ4n) is 1.92. The molecule has 1 aromatic heterocycles. The minimum atomic E-state index is -0.350. The van der Waals surface area contributed by atoms with E-state index in [2.05, 4.69) is 9.69 Å². The first-order valence-corrected chi connectivity index (χ1v) is 7.39. The SMILES string of the molecule is CCOC(=O)c1c(C)nsc1Nc1ccc(OC)cc1C. The van der Waals surface area contributed by atoms with Crippen LogP contribution in [0.1, 0.15) is 28.5 Å². The molecule has 0 radical (unpaired) electrons. The van der Waals surface area contributed by atoms with Gasteiger partial charge in [-0.25, -0.2) is 4.79 Å². The van der Waals surface area contributed by atoms with Gasteiger partial charge in [-0.15, -0.1) is 0 Å². The van der Waals surface area contributed by atoms with Gasteiger partial charge in [0.15, 0.2) is 0 Å². The van der Waals surface area contributed by atoms with Gasteiger partial charge < -0.3 is 14.8 Å². The Labute approximate surface area is 128 Å². The molecule has 0 amide bonds. The first-order chi connectivity index (χ1) is 10.1. The number of nitrogens with one attached hydrogen (secondary N) is 1. The van der Waals surface area contributed by atoms with Crippen LogP contribution in [0.2, 0.25) is 0 Å². The van der Waals surface area contributed by atoms with Crippen LogP contribution in [0.15, 0.2) is 18.2 Å². The highest BCUT2D eigenvalue weighted by Crippen LogP contribution is 2.31. The van der Waals surface area contributed by atoms with Crippen LogP contribution < -0.4 is 10.1 Å². The number of anilines is 2. The monoisotopic (exact) mass is 306 g/mol. The van der Waals surface area contributed by atoms with Crippen LogP contribution in [0.4, 0.5) is 10.7 Å². The Morgan fingerprint density at radius 2 is 2.14 bits per heavy atom. The molecule has 1 heterocycles. The van der Waals surface area contributed by atoms with Crippen LogP contribution in [-0.4, -0.2) is 24.1 Å². The van der Waals surface area contributed by atoms with Crippen LogP contribution >= 0.6 is 11.5 Å². The second kappa shape index (κ2) is 6.58. The van der Waals surface area contributed by atoms with E-state index in [0.717, 1.165) is 17.0 Å². The van der Waals surface area contributed by atoms with Gasteiger partial charge in [-0.05, 0) is 56.1 Å². The second-order valence-electron chi connectivity index (χ2n) is 4.50. The van der Waals surface area contributed by atoms with Crippen molar-refractivity contribution in [2.24, 2.45) is 0 Å². The van der Waals surface area contributed by atoms with Gasteiger partial charge in [0, 0.05) is 5.69 Å². The zero-order chi connectivity index (χ0) is 15.4. The molecule has 2 aromatic rings. The molecule has 0 aliphatic carbocycles. The summed E-state index contributed by atoms with van der Waals surface area (Å²) in [5, 5.41) is 3.95. The van der Waals surface area contributed by atoms with Crippen LogP contribution in [0.3, 0.4) is 0 Å². The number of carbonyl (C=O) groups excluding carboxylic acids is 1. The molecular formula is C15H18N2O3S. The molecule has 6 heteroatoms. The third kappa shape index (κ3) is 3.33. The summed E-state index contributed by atoms with van der Waals surface area (Å²) in [4.78, 5) is 12.0. The Kier molecular flexibility index (Phi) is 4.80. The molecular weight excluding hydrogens is 288 g/mol. The highest BCUT2D eigenvalue weighted by Gasteiger charge is 2.20. The van der Waals surface area contributed by atoms with Crippen LogP contribution in [0.25, 0.3) is 0 Å². The molecule has 0 spiro atoms. The number of methoxy groups -OCH3 is 1. The predicted molar refractivity (Wildman–Crippen MR) is 83.8 cm³/mol. The summed E-state index contributed by atoms with van der Waals surface area (Å²) in [6, 6.07) is 5.71. The number of aromatic nitrogens is 1. The average molecular weight is 306 g/mol. The molecule has 0 bridgehead atoms. The molecule has 0 fully saturated rings. The molecule has 1 N–H and O–H groups in total. The number of carbonyl (C=O) groups is 1. The van der Waals surface area contributed by atoms with E-state index in [9.17, 15) is 4.79 Å². The highest BCUT2D eigenvalue weighted by molar-refractivity contribution is 7.10. The zero-order valence-corrected chi connectivity index (χ0v) is 13.3. The molecule has 1 aromatic carbocycles. The quantitative estimate of drug-likeness (QED) is 0.854. The van der Waals surface area contributed by atoms with Crippen molar-refractivity contribution in [3.8, 4) is 5.75 Å². The Balaban J connectivity index is 2.30. The number of ether oxygens (including phenoxy) is 2. The molecule has 0 aliphatic heterocycles. The molecule has 0 unspecified atom stereocenters. The third-order valence-electron chi connectivity index (χ3n) is 3.02. The summed E-state index contributed by atoms with van der Waals surface area (Å²) >= 11 is 1.25. The Morgan fingerprint density at radius 1 is 1.38 bits per heavy atom. The molecule has 0 atom stereocenters. The lowest BCUT2D eigenvalue weighted by atomic mass is 10.2. The van der Waals surface area contributed by atoms with Crippen molar-refractivity contribution in [1.82, 2.24) is 4.37 Å². The maximum absolute atomic E-state index is 12.0. The van der Waals surface area contributed by atoms with E-state index < -0.39 is 0 Å². The first kappa shape index (κ1) is 15.3. The van der Waals surface area contributed by atoms with Crippen molar-refractivity contribution in [3.05, 3.63) is 35.0 Å². The molecule has 2 rings (SSSR count). The summed E-state index contributed by atoms with van der Waals surface area (Å²) in [7, 11) is 1.63. The summed E-state index contributed by atoms with van der Waals surface area (Å²) in [5.74, 6) is 0.446. The lowest BCUT2D eigenvalue weighted by molar-refractivity contribution is 0.0527. The highest BCUT2D eigenvalue weighted by atomic mass is 32.1. The normalized spacial score (nSPS) is 10.3. The largest absolute Gasteiger partial charge is 0.497 e. The summed E-state index contributed by atoms with van der Waals surface area (Å²) in [6.07, 6.45) is 0. The van der Waals surface area contributed by atoms with E-state index in [0.29, 0.717) is 22.9 Å². The van der Waals surface area contributed by atoms with Crippen LogP contribution in [0, 0.1) is 13.8 Å². The number of hydrogen-bond acceptors (Lipinski definition) is 6. The van der Waals surface area contributed by atoms with Gasteiger partial charge in [-0.1, -0.05) is 0 Å². The van der Waals surface area contributed by atoms with Crippen molar-refractivity contribution in [2.45, 2.75) is 20.8 Å². The summed E-state index contributed by atoms with van der Waals surface area (Å²) < 4.78 is 14.5. The number of nitrogens with zero attached hydrogens (tertiary/aromatic N) is 1. The van der Waals surface area contributed by atoms with Gasteiger partial charge >= 0.3 is 5.97 Å². The summed E-state index contributed by atoms with van der Waals surface area (Å²) in [5.41, 5.74) is 3.10. The van der Waals surface area contributed by atoms with Gasteiger partial charge in [0.2, 0.25) is 0 Å². The first-order valence-electron chi connectivity index (χ1n) is 6.61. The van der Waals surface area contributed by atoms with E-state index in [1.54, 1.807) is 21.0 Å². The number of benzene rings is 1. The van der Waals surface area contributed by atoms with Crippen LogP contribution in [-0.2, 0) is 4.74 Å².